The Morgan fingerprint density at radius 2 is 1.95 bits per heavy atom. The molecule has 0 atom stereocenters. The molecule has 0 saturated heterocycles. The van der Waals surface area contributed by atoms with E-state index < -0.39 is 0 Å². The van der Waals surface area contributed by atoms with E-state index in [1.165, 1.54) is 12.1 Å². The smallest absolute Gasteiger partial charge is 0.189 e. The van der Waals surface area contributed by atoms with E-state index in [-0.39, 0.29) is 5.82 Å². The van der Waals surface area contributed by atoms with Crippen LogP contribution in [0, 0.1) is 12.7 Å². The van der Waals surface area contributed by atoms with Gasteiger partial charge in [0.1, 0.15) is 5.82 Å². The highest BCUT2D eigenvalue weighted by Crippen LogP contribution is 2.26. The molecule has 3 rings (SSSR count). The molecule has 0 aliphatic rings. The van der Waals surface area contributed by atoms with Crippen LogP contribution in [0.5, 0.6) is 0 Å². The van der Waals surface area contributed by atoms with Crippen molar-refractivity contribution in [2.75, 3.05) is 5.73 Å². The average molecular weight is 269 g/mol. The molecular formula is C14H12FN5. The second kappa shape index (κ2) is 4.73. The van der Waals surface area contributed by atoms with Gasteiger partial charge in [-0.15, -0.1) is 5.10 Å². The number of hydrogen-bond donors (Lipinski definition) is 1. The quantitative estimate of drug-likeness (QED) is 0.725. The summed E-state index contributed by atoms with van der Waals surface area (Å²) in [4.78, 5) is 0. The maximum absolute atomic E-state index is 13.2. The van der Waals surface area contributed by atoms with Crippen LogP contribution in [0.2, 0.25) is 0 Å². The molecular weight excluding hydrogens is 257 g/mol. The minimum Gasteiger partial charge on any atom is -0.398 e. The normalized spacial score (nSPS) is 10.7. The Hall–Kier alpha value is -2.76. The monoisotopic (exact) mass is 269 g/mol. The van der Waals surface area contributed by atoms with Gasteiger partial charge in [0.25, 0.3) is 0 Å². The van der Waals surface area contributed by atoms with Gasteiger partial charge in [0.05, 0.1) is 5.69 Å². The van der Waals surface area contributed by atoms with Crippen LogP contribution in [0.1, 0.15) is 5.56 Å². The molecule has 0 radical (unpaired) electrons. The van der Waals surface area contributed by atoms with Gasteiger partial charge in [-0.1, -0.05) is 12.1 Å². The highest BCUT2D eigenvalue weighted by atomic mass is 19.1. The van der Waals surface area contributed by atoms with Gasteiger partial charge in [-0.25, -0.2) is 4.39 Å². The van der Waals surface area contributed by atoms with Crippen LogP contribution in [0.4, 0.5) is 10.1 Å². The number of nitrogen functional groups attached to an aromatic ring is 1. The predicted octanol–water partition coefficient (Wildman–Crippen LogP) is 2.36. The Labute approximate surface area is 114 Å². The van der Waals surface area contributed by atoms with Crippen molar-refractivity contribution in [3.05, 3.63) is 53.8 Å². The Balaban J connectivity index is 2.18. The number of rotatable bonds is 2. The van der Waals surface area contributed by atoms with Crippen molar-refractivity contribution >= 4 is 5.69 Å². The minimum atomic E-state index is -0.292. The molecule has 0 aliphatic heterocycles. The molecule has 100 valence electrons. The van der Waals surface area contributed by atoms with E-state index in [2.05, 4.69) is 15.5 Å². The lowest BCUT2D eigenvalue weighted by Gasteiger charge is -2.09. The lowest BCUT2D eigenvalue weighted by atomic mass is 10.1. The average Bonchev–Trinajstić information content (AvgIpc) is 2.88. The first-order valence-corrected chi connectivity index (χ1v) is 6.06. The molecule has 1 heterocycles. The standard InChI is InChI=1S/C14H12FN5/c1-9-8-10(15)6-7-13(9)20-14(17-18-19-20)11-4-2-3-5-12(11)16/h2-8H,16H2,1H3. The lowest BCUT2D eigenvalue weighted by molar-refractivity contribution is 0.625. The summed E-state index contributed by atoms with van der Waals surface area (Å²) in [7, 11) is 0. The van der Waals surface area contributed by atoms with E-state index in [9.17, 15) is 4.39 Å². The van der Waals surface area contributed by atoms with E-state index in [0.29, 0.717) is 11.5 Å². The third kappa shape index (κ3) is 2.01. The van der Waals surface area contributed by atoms with Crippen molar-refractivity contribution in [2.45, 2.75) is 6.92 Å². The summed E-state index contributed by atoms with van der Waals surface area (Å²) in [5.74, 6) is 0.234. The zero-order chi connectivity index (χ0) is 14.1. The Morgan fingerprint density at radius 1 is 1.15 bits per heavy atom. The van der Waals surface area contributed by atoms with Crippen molar-refractivity contribution in [2.24, 2.45) is 0 Å². The Kier molecular flexibility index (Phi) is 2.90. The largest absolute Gasteiger partial charge is 0.398 e. The highest BCUT2D eigenvalue weighted by molar-refractivity contribution is 5.72. The van der Waals surface area contributed by atoms with Crippen LogP contribution in [0.3, 0.4) is 0 Å². The predicted molar refractivity (Wildman–Crippen MR) is 73.7 cm³/mol. The summed E-state index contributed by atoms with van der Waals surface area (Å²) in [5.41, 5.74) is 8.74. The van der Waals surface area contributed by atoms with Crippen molar-refractivity contribution in [1.29, 1.82) is 0 Å². The summed E-state index contributed by atoms with van der Waals surface area (Å²) in [6.45, 7) is 1.80. The van der Waals surface area contributed by atoms with Gasteiger partial charge < -0.3 is 5.73 Å². The number of benzene rings is 2. The Morgan fingerprint density at radius 3 is 2.70 bits per heavy atom. The van der Waals surface area contributed by atoms with Gasteiger partial charge >= 0.3 is 0 Å². The number of aromatic nitrogens is 4. The van der Waals surface area contributed by atoms with E-state index in [1.54, 1.807) is 23.7 Å². The SMILES string of the molecule is Cc1cc(F)ccc1-n1nnnc1-c1ccccc1N. The molecule has 0 amide bonds. The molecule has 2 aromatic carbocycles. The molecule has 1 aromatic heterocycles. The third-order valence-corrected chi connectivity index (χ3v) is 3.06. The van der Waals surface area contributed by atoms with Gasteiger partial charge in [-0.05, 0) is 53.2 Å². The topological polar surface area (TPSA) is 69.6 Å². The first-order chi connectivity index (χ1) is 9.66. The molecule has 5 nitrogen and oxygen atoms in total. The third-order valence-electron chi connectivity index (χ3n) is 3.06. The van der Waals surface area contributed by atoms with Crippen LogP contribution in [0.15, 0.2) is 42.5 Å². The lowest BCUT2D eigenvalue weighted by Crippen LogP contribution is -2.03. The molecule has 0 unspecified atom stereocenters. The van der Waals surface area contributed by atoms with E-state index in [0.717, 1.165) is 16.8 Å². The van der Waals surface area contributed by atoms with Crippen molar-refractivity contribution < 1.29 is 4.39 Å². The van der Waals surface area contributed by atoms with Crippen LogP contribution in [0.25, 0.3) is 17.1 Å². The van der Waals surface area contributed by atoms with Gasteiger partial charge in [0.2, 0.25) is 0 Å². The van der Waals surface area contributed by atoms with Gasteiger partial charge in [0.15, 0.2) is 5.82 Å². The highest BCUT2D eigenvalue weighted by Gasteiger charge is 2.14. The molecule has 0 fully saturated rings. The molecule has 3 aromatic rings. The van der Waals surface area contributed by atoms with Crippen LogP contribution >= 0.6 is 0 Å². The second-order valence-electron chi connectivity index (χ2n) is 4.43. The zero-order valence-electron chi connectivity index (χ0n) is 10.8. The number of nitrogens with two attached hydrogens (primary N) is 1. The molecule has 0 spiro atoms. The van der Waals surface area contributed by atoms with Gasteiger partial charge in [-0.3, -0.25) is 0 Å². The summed E-state index contributed by atoms with van der Waals surface area (Å²) in [6.07, 6.45) is 0. The molecule has 6 heteroatoms. The van der Waals surface area contributed by atoms with Crippen LogP contribution in [-0.4, -0.2) is 20.2 Å². The maximum Gasteiger partial charge on any atom is 0.189 e. The van der Waals surface area contributed by atoms with Crippen molar-refractivity contribution in [3.63, 3.8) is 0 Å². The van der Waals surface area contributed by atoms with E-state index in [1.807, 2.05) is 18.2 Å². The fourth-order valence-electron chi connectivity index (χ4n) is 2.07. The molecule has 2 N–H and O–H groups in total. The summed E-state index contributed by atoms with van der Waals surface area (Å²) < 4.78 is 14.8. The van der Waals surface area contributed by atoms with Crippen molar-refractivity contribution in [1.82, 2.24) is 20.2 Å². The second-order valence-corrected chi connectivity index (χ2v) is 4.43. The first-order valence-electron chi connectivity index (χ1n) is 6.06. The number of para-hydroxylation sites is 1. The van der Waals surface area contributed by atoms with E-state index >= 15 is 0 Å². The minimum absolute atomic E-state index is 0.292. The van der Waals surface area contributed by atoms with Crippen molar-refractivity contribution in [3.8, 4) is 17.1 Å². The number of aryl methyl sites for hydroxylation is 1. The number of anilines is 1. The number of hydrogen-bond acceptors (Lipinski definition) is 4. The van der Waals surface area contributed by atoms with Crippen LogP contribution in [-0.2, 0) is 0 Å². The summed E-state index contributed by atoms with van der Waals surface area (Å²) in [6, 6.07) is 11.8. The molecule has 0 aliphatic carbocycles. The summed E-state index contributed by atoms with van der Waals surface area (Å²) in [5, 5.41) is 11.7. The fourth-order valence-corrected chi connectivity index (χ4v) is 2.07. The zero-order valence-corrected chi connectivity index (χ0v) is 10.8. The Bertz CT molecular complexity index is 766. The number of halogens is 1. The van der Waals surface area contributed by atoms with E-state index in [4.69, 9.17) is 5.73 Å². The molecule has 0 bridgehead atoms. The van der Waals surface area contributed by atoms with Gasteiger partial charge in [0, 0.05) is 11.3 Å². The fraction of sp³-hybridized carbons (Fsp3) is 0.0714. The first kappa shape index (κ1) is 12.3. The molecule has 20 heavy (non-hydrogen) atoms. The number of tetrazole rings is 1. The van der Waals surface area contributed by atoms with Gasteiger partial charge in [-0.2, -0.15) is 4.68 Å². The molecule has 0 saturated carbocycles. The number of nitrogens with zero attached hydrogens (tertiary/aromatic N) is 4. The summed E-state index contributed by atoms with van der Waals surface area (Å²) >= 11 is 0. The van der Waals surface area contributed by atoms with Crippen LogP contribution < -0.4 is 5.73 Å². The maximum atomic E-state index is 13.2.